The number of carbonyl (C=O) groups excluding carboxylic acids is 1. The van der Waals surface area contributed by atoms with Crippen molar-refractivity contribution in [2.45, 2.75) is 18.9 Å². The van der Waals surface area contributed by atoms with Gasteiger partial charge in [0.15, 0.2) is 0 Å². The minimum atomic E-state index is -0.773. The summed E-state index contributed by atoms with van der Waals surface area (Å²) in [7, 11) is 1.19. The Bertz CT molecular complexity index is 1020. The van der Waals surface area contributed by atoms with Gasteiger partial charge in [-0.15, -0.1) is 0 Å². The summed E-state index contributed by atoms with van der Waals surface area (Å²) in [6, 6.07) is 4.82. The van der Waals surface area contributed by atoms with E-state index in [1.54, 1.807) is 6.20 Å². The maximum absolute atomic E-state index is 14.8. The maximum Gasteiger partial charge on any atom is 0.340 e. The Morgan fingerprint density at radius 2 is 2.19 bits per heavy atom. The highest BCUT2D eigenvalue weighted by Gasteiger charge is 2.24. The number of benzene rings is 1. The molecule has 9 heteroatoms. The second-order valence-corrected chi connectivity index (χ2v) is 6.52. The zero-order valence-corrected chi connectivity index (χ0v) is 15.1. The molecule has 0 amide bonds. The predicted octanol–water partition coefficient (Wildman–Crippen LogP) is 4.00. The molecule has 0 aliphatic heterocycles. The summed E-state index contributed by atoms with van der Waals surface area (Å²) in [5, 5.41) is 7.48. The molecule has 138 valence electrons. The van der Waals surface area contributed by atoms with Gasteiger partial charge < -0.3 is 10.1 Å². The number of nitrogens with zero attached hydrogens (tertiary/aromatic N) is 4. The van der Waals surface area contributed by atoms with Crippen molar-refractivity contribution in [3.8, 4) is 11.3 Å². The third kappa shape index (κ3) is 3.48. The summed E-state index contributed by atoms with van der Waals surface area (Å²) >= 11 is 6.17. The molecule has 27 heavy (non-hydrogen) atoms. The molecule has 1 N–H and O–H groups in total. The van der Waals surface area contributed by atoms with Gasteiger partial charge in [-0.05, 0) is 25.0 Å². The Balaban J connectivity index is 1.67. The van der Waals surface area contributed by atoms with E-state index in [9.17, 15) is 9.18 Å². The van der Waals surface area contributed by atoms with Crippen LogP contribution in [0, 0.1) is 5.82 Å². The van der Waals surface area contributed by atoms with Gasteiger partial charge in [0.1, 0.15) is 5.82 Å². The maximum atomic E-state index is 14.8. The highest BCUT2D eigenvalue weighted by atomic mass is 35.5. The first-order valence-electron chi connectivity index (χ1n) is 8.27. The first-order chi connectivity index (χ1) is 13.1. The topological polar surface area (TPSA) is 81.9 Å². The molecule has 1 aliphatic rings. The Morgan fingerprint density at radius 1 is 1.37 bits per heavy atom. The van der Waals surface area contributed by atoms with Crippen molar-refractivity contribution < 1.29 is 13.9 Å². The summed E-state index contributed by atoms with van der Waals surface area (Å²) in [6.07, 6.45) is 7.17. The van der Waals surface area contributed by atoms with E-state index in [2.05, 4.69) is 25.1 Å². The Morgan fingerprint density at radius 3 is 2.93 bits per heavy atom. The predicted molar refractivity (Wildman–Crippen MR) is 97.6 cm³/mol. The van der Waals surface area contributed by atoms with Crippen molar-refractivity contribution >= 4 is 29.2 Å². The molecule has 7 nitrogen and oxygen atoms in total. The number of halogens is 2. The van der Waals surface area contributed by atoms with Crippen LogP contribution in [-0.2, 0) is 4.74 Å². The first-order valence-corrected chi connectivity index (χ1v) is 8.65. The number of ether oxygens (including phenoxy) is 1. The van der Waals surface area contributed by atoms with Crippen LogP contribution in [0.5, 0.6) is 0 Å². The van der Waals surface area contributed by atoms with Gasteiger partial charge in [0.25, 0.3) is 0 Å². The van der Waals surface area contributed by atoms with Gasteiger partial charge in [-0.25, -0.2) is 19.2 Å². The van der Waals surface area contributed by atoms with E-state index in [0.29, 0.717) is 6.04 Å². The lowest BCUT2D eigenvalue weighted by atomic mass is 10.1. The Hall–Kier alpha value is -3.00. The molecular weight excluding hydrogens is 373 g/mol. The Labute approximate surface area is 159 Å². The minimum absolute atomic E-state index is 0.0852. The second kappa shape index (κ2) is 6.96. The third-order valence-corrected chi connectivity index (χ3v) is 4.46. The Kier molecular flexibility index (Phi) is 4.49. The number of anilines is 2. The quantitative estimate of drug-likeness (QED) is 0.666. The molecule has 0 bridgehead atoms. The first kappa shape index (κ1) is 17.4. The van der Waals surface area contributed by atoms with E-state index in [1.165, 1.54) is 31.5 Å². The van der Waals surface area contributed by atoms with Crippen LogP contribution in [0.25, 0.3) is 11.3 Å². The van der Waals surface area contributed by atoms with E-state index < -0.39 is 11.8 Å². The fourth-order valence-corrected chi connectivity index (χ4v) is 2.86. The molecule has 2 aromatic heterocycles. The number of aromatic nitrogens is 4. The minimum Gasteiger partial charge on any atom is -0.465 e. The lowest BCUT2D eigenvalue weighted by Crippen LogP contribution is -2.06. The van der Waals surface area contributed by atoms with Gasteiger partial charge in [0.2, 0.25) is 5.95 Å². The van der Waals surface area contributed by atoms with Crippen LogP contribution >= 0.6 is 11.6 Å². The molecule has 0 unspecified atom stereocenters. The molecule has 2 heterocycles. The summed E-state index contributed by atoms with van der Waals surface area (Å²) in [4.78, 5) is 20.2. The molecule has 0 spiro atoms. The second-order valence-electron chi connectivity index (χ2n) is 6.11. The molecule has 1 fully saturated rings. The van der Waals surface area contributed by atoms with Crippen molar-refractivity contribution in [1.29, 1.82) is 0 Å². The van der Waals surface area contributed by atoms with E-state index in [4.69, 9.17) is 11.6 Å². The zero-order chi connectivity index (χ0) is 19.0. The van der Waals surface area contributed by atoms with Gasteiger partial charge in [0.05, 0.1) is 47.5 Å². The normalized spacial score (nSPS) is 13.4. The molecule has 1 saturated carbocycles. The lowest BCUT2D eigenvalue weighted by molar-refractivity contribution is 0.0595. The van der Waals surface area contributed by atoms with E-state index in [0.717, 1.165) is 18.5 Å². The molecule has 4 rings (SSSR count). The average Bonchev–Trinajstić information content (AvgIpc) is 3.42. The largest absolute Gasteiger partial charge is 0.465 e. The van der Waals surface area contributed by atoms with Gasteiger partial charge in [0, 0.05) is 11.8 Å². The molecule has 0 saturated heterocycles. The molecule has 1 aromatic carbocycles. The smallest absolute Gasteiger partial charge is 0.340 e. The van der Waals surface area contributed by atoms with Crippen LogP contribution < -0.4 is 5.32 Å². The summed E-state index contributed by atoms with van der Waals surface area (Å²) in [6.45, 7) is 0. The van der Waals surface area contributed by atoms with Gasteiger partial charge >= 0.3 is 5.97 Å². The van der Waals surface area contributed by atoms with Crippen molar-refractivity contribution in [2.75, 3.05) is 12.4 Å². The molecule has 0 atom stereocenters. The number of nitrogens with one attached hydrogen (secondary N) is 1. The molecule has 0 radical (unpaired) electrons. The summed E-state index contributed by atoms with van der Waals surface area (Å²) in [5.41, 5.74) is 0.790. The van der Waals surface area contributed by atoms with Crippen molar-refractivity contribution in [2.24, 2.45) is 0 Å². The molecule has 1 aliphatic carbocycles. The summed E-state index contributed by atoms with van der Waals surface area (Å²) in [5.74, 6) is -1.28. The van der Waals surface area contributed by atoms with Gasteiger partial charge in [-0.3, -0.25) is 4.68 Å². The number of hydrogen-bond acceptors (Lipinski definition) is 6. The van der Waals surface area contributed by atoms with Gasteiger partial charge in [-0.2, -0.15) is 5.10 Å². The van der Waals surface area contributed by atoms with E-state index in [1.807, 2.05) is 10.9 Å². The number of hydrogen-bond donors (Lipinski definition) is 1. The van der Waals surface area contributed by atoms with Crippen LogP contribution in [-0.4, -0.2) is 32.8 Å². The highest BCUT2D eigenvalue weighted by Crippen LogP contribution is 2.35. The standard InChI is InChI=1S/C18H15ClFN5O2/c1-27-17(26)13-4-2-3-12(15(13)20)16-14(19)8-21-18(24-16)23-10-7-22-25(9-10)11-5-6-11/h2-4,7-9,11H,5-6H2,1H3,(H,21,23,24). The SMILES string of the molecule is COC(=O)c1cccc(-c2nc(Nc3cnn(C4CC4)c3)ncc2Cl)c1F. The number of carbonyl (C=O) groups is 1. The molecule has 3 aromatic rings. The van der Waals surface area contributed by atoms with E-state index >= 15 is 0 Å². The fourth-order valence-electron chi connectivity index (χ4n) is 2.67. The van der Waals surface area contributed by atoms with Crippen molar-refractivity contribution in [3.05, 3.63) is 53.2 Å². The number of esters is 1. The third-order valence-electron chi connectivity index (χ3n) is 4.18. The molecular formula is C18H15ClFN5O2. The number of rotatable bonds is 5. The number of methoxy groups -OCH3 is 1. The van der Waals surface area contributed by atoms with Crippen molar-refractivity contribution in [1.82, 2.24) is 19.7 Å². The van der Waals surface area contributed by atoms with Crippen molar-refractivity contribution in [3.63, 3.8) is 0 Å². The van der Waals surface area contributed by atoms with Crippen LogP contribution in [0.15, 0.2) is 36.8 Å². The fraction of sp³-hybridized carbons (Fsp3) is 0.222. The van der Waals surface area contributed by atoms with Crippen LogP contribution in [0.3, 0.4) is 0 Å². The van der Waals surface area contributed by atoms with Gasteiger partial charge in [-0.1, -0.05) is 17.7 Å². The van der Waals surface area contributed by atoms with E-state index in [-0.39, 0.29) is 27.8 Å². The van der Waals surface area contributed by atoms with Crippen LogP contribution in [0.1, 0.15) is 29.2 Å². The monoisotopic (exact) mass is 387 g/mol. The average molecular weight is 388 g/mol. The van der Waals surface area contributed by atoms with Crippen LogP contribution in [0.2, 0.25) is 5.02 Å². The summed E-state index contributed by atoms with van der Waals surface area (Å²) < 4.78 is 21.3. The highest BCUT2D eigenvalue weighted by molar-refractivity contribution is 6.33. The van der Waals surface area contributed by atoms with Crippen LogP contribution in [0.4, 0.5) is 16.0 Å². The lowest BCUT2D eigenvalue weighted by Gasteiger charge is -2.10. The zero-order valence-electron chi connectivity index (χ0n) is 14.3.